The predicted octanol–water partition coefficient (Wildman–Crippen LogP) is 4.79. The summed E-state index contributed by atoms with van der Waals surface area (Å²) in [5, 5.41) is 3.15. The number of aryl methyl sites for hydroxylation is 1. The molecule has 1 aromatic heterocycles. The minimum Gasteiger partial charge on any atom is -0.441 e. The Bertz CT molecular complexity index is 1070. The molecule has 0 bridgehead atoms. The average Bonchev–Trinajstić information content (AvgIpc) is 3.31. The molecule has 0 aliphatic carbocycles. The van der Waals surface area contributed by atoms with Gasteiger partial charge >= 0.3 is 0 Å². The molecule has 2 atom stereocenters. The molecule has 1 saturated heterocycles. The van der Waals surface area contributed by atoms with Crippen molar-refractivity contribution < 1.29 is 13.6 Å². The molecule has 5 nitrogen and oxygen atoms in total. The number of amides is 1. The normalized spacial score (nSPS) is 19.0. The van der Waals surface area contributed by atoms with Crippen LogP contribution in [0.2, 0.25) is 5.02 Å². The van der Waals surface area contributed by atoms with Gasteiger partial charge in [0.25, 0.3) is 0 Å². The van der Waals surface area contributed by atoms with Crippen molar-refractivity contribution in [2.24, 2.45) is 5.92 Å². The molecule has 31 heavy (non-hydrogen) atoms. The molecule has 2 heterocycles. The van der Waals surface area contributed by atoms with Gasteiger partial charge in [0.2, 0.25) is 11.8 Å². The Kier molecular flexibility index (Phi) is 6.39. The monoisotopic (exact) mass is 441 g/mol. The third kappa shape index (κ3) is 4.81. The van der Waals surface area contributed by atoms with E-state index in [0.717, 1.165) is 24.1 Å². The van der Waals surface area contributed by atoms with Gasteiger partial charge in [-0.05, 0) is 62.7 Å². The summed E-state index contributed by atoms with van der Waals surface area (Å²) in [5.41, 5.74) is 2.39. The molecule has 1 N–H and O–H groups in total. The number of carbonyl (C=O) groups excluding carboxylic acids is 1. The van der Waals surface area contributed by atoms with Crippen molar-refractivity contribution in [1.82, 2.24) is 15.2 Å². The first-order chi connectivity index (χ1) is 14.9. The molecule has 0 spiro atoms. The van der Waals surface area contributed by atoms with Crippen molar-refractivity contribution in [1.29, 1.82) is 0 Å². The van der Waals surface area contributed by atoms with Gasteiger partial charge in [0.1, 0.15) is 11.6 Å². The zero-order valence-corrected chi connectivity index (χ0v) is 18.3. The number of aromatic nitrogens is 1. The lowest BCUT2D eigenvalue weighted by atomic mass is 9.93. The number of carbonyl (C=O) groups is 1. The summed E-state index contributed by atoms with van der Waals surface area (Å²) < 4.78 is 19.7. The Labute approximate surface area is 186 Å². The molecule has 0 saturated carbocycles. The number of nitrogens with zero attached hydrogens (tertiary/aromatic N) is 2. The molecule has 1 aliphatic rings. The van der Waals surface area contributed by atoms with Crippen LogP contribution in [0.15, 0.2) is 52.9 Å². The van der Waals surface area contributed by atoms with E-state index in [0.29, 0.717) is 23.9 Å². The first kappa shape index (κ1) is 21.5. The van der Waals surface area contributed by atoms with Crippen molar-refractivity contribution in [2.45, 2.75) is 25.8 Å². The smallest absolute Gasteiger partial charge is 0.226 e. The first-order valence-corrected chi connectivity index (χ1v) is 10.7. The third-order valence-corrected chi connectivity index (χ3v) is 6.17. The van der Waals surface area contributed by atoms with Crippen molar-refractivity contribution in [3.63, 3.8) is 0 Å². The molecule has 4 rings (SSSR count). The standard InChI is InChI=1S/C24H25ClFN3O2/c1-15-21(28-24(31-15)16-6-4-3-5-7-16)13-22(30)27-14-18-10-11-29(2)23(18)17-8-9-19(25)20(26)12-17/h3-9,12,18,23H,10-11,13-14H2,1-2H3,(H,27,30)/t18-,23-/m0/s1. The average molecular weight is 442 g/mol. The second-order valence-electron chi connectivity index (χ2n) is 8.02. The Morgan fingerprint density at radius 2 is 2.06 bits per heavy atom. The van der Waals surface area contributed by atoms with Gasteiger partial charge in [-0.15, -0.1) is 0 Å². The van der Waals surface area contributed by atoms with Crippen LogP contribution < -0.4 is 5.32 Å². The molecular formula is C24H25ClFN3O2. The van der Waals surface area contributed by atoms with Crippen molar-refractivity contribution in [3.8, 4) is 11.5 Å². The van der Waals surface area contributed by atoms with Crippen molar-refractivity contribution in [3.05, 3.63) is 76.4 Å². The summed E-state index contributed by atoms with van der Waals surface area (Å²) in [6.45, 7) is 3.22. The van der Waals surface area contributed by atoms with Gasteiger partial charge in [0.15, 0.2) is 0 Å². The maximum atomic E-state index is 14.0. The molecule has 1 aliphatic heterocycles. The van der Waals surface area contributed by atoms with E-state index in [-0.39, 0.29) is 29.3 Å². The number of benzene rings is 2. The maximum Gasteiger partial charge on any atom is 0.226 e. The second kappa shape index (κ2) is 9.20. The van der Waals surface area contributed by atoms with E-state index in [1.807, 2.05) is 50.4 Å². The van der Waals surface area contributed by atoms with E-state index in [1.54, 1.807) is 6.07 Å². The highest BCUT2D eigenvalue weighted by atomic mass is 35.5. The molecular weight excluding hydrogens is 417 g/mol. The predicted molar refractivity (Wildman–Crippen MR) is 118 cm³/mol. The Morgan fingerprint density at radius 1 is 1.29 bits per heavy atom. The van der Waals surface area contributed by atoms with E-state index in [2.05, 4.69) is 15.2 Å². The van der Waals surface area contributed by atoms with Gasteiger partial charge in [-0.25, -0.2) is 9.37 Å². The first-order valence-electron chi connectivity index (χ1n) is 10.4. The van der Waals surface area contributed by atoms with Crippen LogP contribution >= 0.6 is 11.6 Å². The van der Waals surface area contributed by atoms with Gasteiger partial charge in [0.05, 0.1) is 17.1 Å². The summed E-state index contributed by atoms with van der Waals surface area (Å²) >= 11 is 5.83. The number of rotatable bonds is 6. The molecule has 2 aromatic carbocycles. The molecule has 162 valence electrons. The lowest BCUT2D eigenvalue weighted by Crippen LogP contribution is -2.33. The van der Waals surface area contributed by atoms with E-state index < -0.39 is 5.82 Å². The van der Waals surface area contributed by atoms with Gasteiger partial charge in [0, 0.05) is 18.2 Å². The van der Waals surface area contributed by atoms with Crippen LogP contribution in [-0.2, 0) is 11.2 Å². The van der Waals surface area contributed by atoms with E-state index in [4.69, 9.17) is 16.0 Å². The largest absolute Gasteiger partial charge is 0.441 e. The zero-order valence-electron chi connectivity index (χ0n) is 17.6. The van der Waals surface area contributed by atoms with Crippen LogP contribution in [0.5, 0.6) is 0 Å². The number of likely N-dealkylation sites (tertiary alicyclic amines) is 1. The number of oxazole rings is 1. The van der Waals surface area contributed by atoms with Gasteiger partial charge in [-0.2, -0.15) is 0 Å². The van der Waals surface area contributed by atoms with E-state index >= 15 is 0 Å². The van der Waals surface area contributed by atoms with Crippen LogP contribution in [-0.4, -0.2) is 35.9 Å². The SMILES string of the molecule is Cc1oc(-c2ccccc2)nc1CC(=O)NC[C@@H]1CCN(C)[C@H]1c1ccc(Cl)c(F)c1. The third-order valence-electron chi connectivity index (χ3n) is 5.86. The summed E-state index contributed by atoms with van der Waals surface area (Å²) in [6, 6.07) is 14.6. The molecule has 1 fully saturated rings. The molecule has 0 radical (unpaired) electrons. The Morgan fingerprint density at radius 3 is 2.81 bits per heavy atom. The highest BCUT2D eigenvalue weighted by Gasteiger charge is 2.33. The topological polar surface area (TPSA) is 58.4 Å². The van der Waals surface area contributed by atoms with Crippen LogP contribution in [0.4, 0.5) is 4.39 Å². The fourth-order valence-electron chi connectivity index (χ4n) is 4.22. The Balaban J connectivity index is 1.39. The zero-order chi connectivity index (χ0) is 22.0. The quantitative estimate of drug-likeness (QED) is 0.597. The number of hydrogen-bond donors (Lipinski definition) is 1. The summed E-state index contributed by atoms with van der Waals surface area (Å²) in [6.07, 6.45) is 1.08. The fourth-order valence-corrected chi connectivity index (χ4v) is 4.34. The van der Waals surface area contributed by atoms with Crippen molar-refractivity contribution in [2.75, 3.05) is 20.1 Å². The number of nitrogens with one attached hydrogen (secondary N) is 1. The number of halogens is 2. The molecule has 3 aromatic rings. The maximum absolute atomic E-state index is 14.0. The highest BCUT2D eigenvalue weighted by molar-refractivity contribution is 6.30. The summed E-state index contributed by atoms with van der Waals surface area (Å²) in [7, 11) is 2.02. The van der Waals surface area contributed by atoms with Crippen LogP contribution in [0.3, 0.4) is 0 Å². The molecule has 0 unspecified atom stereocenters. The molecule has 1 amide bonds. The second-order valence-corrected chi connectivity index (χ2v) is 8.42. The van der Waals surface area contributed by atoms with Gasteiger partial charge < -0.3 is 9.73 Å². The minimum atomic E-state index is -0.419. The van der Waals surface area contributed by atoms with Crippen LogP contribution in [0, 0.1) is 18.7 Å². The fraction of sp³-hybridized carbons (Fsp3) is 0.333. The van der Waals surface area contributed by atoms with Gasteiger partial charge in [-0.1, -0.05) is 35.9 Å². The van der Waals surface area contributed by atoms with Gasteiger partial charge in [-0.3, -0.25) is 9.69 Å². The highest BCUT2D eigenvalue weighted by Crippen LogP contribution is 2.36. The van der Waals surface area contributed by atoms with Crippen LogP contribution in [0.25, 0.3) is 11.5 Å². The minimum absolute atomic E-state index is 0.0329. The Hall–Kier alpha value is -2.70. The van der Waals surface area contributed by atoms with Crippen molar-refractivity contribution >= 4 is 17.5 Å². The summed E-state index contributed by atoms with van der Waals surface area (Å²) in [5.74, 6) is 0.824. The lowest BCUT2D eigenvalue weighted by molar-refractivity contribution is -0.120. The number of hydrogen-bond acceptors (Lipinski definition) is 4. The molecule has 7 heteroatoms. The summed E-state index contributed by atoms with van der Waals surface area (Å²) in [4.78, 5) is 19.3. The van der Waals surface area contributed by atoms with Crippen LogP contribution in [0.1, 0.15) is 29.5 Å². The van der Waals surface area contributed by atoms with E-state index in [1.165, 1.54) is 6.07 Å². The lowest BCUT2D eigenvalue weighted by Gasteiger charge is -2.26. The van der Waals surface area contributed by atoms with E-state index in [9.17, 15) is 9.18 Å².